The van der Waals surface area contributed by atoms with E-state index in [1.54, 1.807) is 12.1 Å². The molecule has 0 fully saturated rings. The third kappa shape index (κ3) is 2.84. The molecule has 96 valence electrons. The van der Waals surface area contributed by atoms with Crippen molar-refractivity contribution in [1.29, 1.82) is 0 Å². The normalized spacial score (nSPS) is 11.4. The largest absolute Gasteiger partial charge is 0.406 e. The van der Waals surface area contributed by atoms with Crippen molar-refractivity contribution in [3.05, 3.63) is 30.2 Å². The van der Waals surface area contributed by atoms with Crippen LogP contribution < -0.4 is 11.1 Å². The second-order valence-corrected chi connectivity index (χ2v) is 5.64. The van der Waals surface area contributed by atoms with Crippen LogP contribution in [0.25, 0.3) is 0 Å². The van der Waals surface area contributed by atoms with Gasteiger partial charge in [-0.3, -0.25) is 0 Å². The number of hydrogen-bond donors (Lipinski definition) is 2. The molecule has 0 aliphatic heterocycles. The van der Waals surface area contributed by atoms with Gasteiger partial charge in [0.15, 0.2) is 9.84 Å². The number of nitrogens with zero attached hydrogens (tertiary/aromatic N) is 2. The maximum Gasteiger partial charge on any atom is 0.320 e. The van der Waals surface area contributed by atoms with Crippen LogP contribution in [0.3, 0.4) is 0 Å². The van der Waals surface area contributed by atoms with E-state index < -0.39 is 9.84 Å². The summed E-state index contributed by atoms with van der Waals surface area (Å²) in [6.07, 6.45) is 1.15. The monoisotopic (exact) mass is 268 g/mol. The van der Waals surface area contributed by atoms with Crippen LogP contribution in [0.4, 0.5) is 11.7 Å². The van der Waals surface area contributed by atoms with Crippen molar-refractivity contribution < 1.29 is 12.8 Å². The average Bonchev–Trinajstić information content (AvgIpc) is 2.76. The lowest BCUT2D eigenvalue weighted by Gasteiger charge is -2.02. The van der Waals surface area contributed by atoms with Crippen LogP contribution in [0.5, 0.6) is 0 Å². The van der Waals surface area contributed by atoms with Crippen molar-refractivity contribution in [1.82, 2.24) is 10.2 Å². The molecule has 0 radical (unpaired) electrons. The van der Waals surface area contributed by atoms with Gasteiger partial charge in [0.25, 0.3) is 0 Å². The van der Waals surface area contributed by atoms with E-state index in [9.17, 15) is 8.42 Å². The number of anilines is 2. The maximum atomic E-state index is 11.3. The number of aromatic nitrogens is 2. The van der Waals surface area contributed by atoms with Gasteiger partial charge in [-0.2, -0.15) is 0 Å². The Morgan fingerprint density at radius 1 is 1.28 bits per heavy atom. The Hall–Kier alpha value is -1.93. The molecule has 7 nitrogen and oxygen atoms in total. The van der Waals surface area contributed by atoms with Crippen molar-refractivity contribution >= 4 is 21.5 Å². The highest BCUT2D eigenvalue weighted by Gasteiger charge is 2.08. The van der Waals surface area contributed by atoms with E-state index in [0.717, 1.165) is 6.26 Å². The molecule has 0 spiro atoms. The second kappa shape index (κ2) is 4.75. The molecule has 0 saturated carbocycles. The molecular formula is C10H12N4O3S. The molecule has 0 atom stereocenters. The molecule has 1 heterocycles. The topological polar surface area (TPSA) is 111 Å². The number of benzene rings is 1. The summed E-state index contributed by atoms with van der Waals surface area (Å²) in [5, 5.41) is 10.3. The maximum absolute atomic E-state index is 11.3. The Bertz CT molecular complexity index is 633. The molecule has 2 rings (SSSR count). The summed E-state index contributed by atoms with van der Waals surface area (Å²) in [4.78, 5) is 0.251. The molecule has 0 amide bonds. The number of rotatable bonds is 4. The highest BCUT2D eigenvalue weighted by atomic mass is 32.2. The van der Waals surface area contributed by atoms with Crippen LogP contribution in [0, 0.1) is 0 Å². The lowest BCUT2D eigenvalue weighted by molar-refractivity contribution is 0.511. The van der Waals surface area contributed by atoms with E-state index in [1.807, 2.05) is 0 Å². The van der Waals surface area contributed by atoms with Crippen LogP contribution in [-0.4, -0.2) is 24.9 Å². The number of hydrogen-bond acceptors (Lipinski definition) is 7. The van der Waals surface area contributed by atoms with Gasteiger partial charge in [0, 0.05) is 11.9 Å². The Balaban J connectivity index is 2.15. The predicted octanol–water partition coefficient (Wildman–Crippen LogP) is 0.675. The van der Waals surface area contributed by atoms with Gasteiger partial charge >= 0.3 is 6.01 Å². The van der Waals surface area contributed by atoms with Gasteiger partial charge in [0.1, 0.15) is 0 Å². The summed E-state index contributed by atoms with van der Waals surface area (Å²) >= 11 is 0. The number of nitrogens with two attached hydrogens (primary N) is 1. The molecule has 1 aromatic heterocycles. The third-order valence-corrected chi connectivity index (χ3v) is 3.30. The Morgan fingerprint density at radius 3 is 2.44 bits per heavy atom. The van der Waals surface area contributed by atoms with Crippen LogP contribution in [0.1, 0.15) is 5.89 Å². The summed E-state index contributed by atoms with van der Waals surface area (Å²) in [6, 6.07) is 6.43. The molecule has 2 aromatic rings. The standard InChI is InChI=1S/C10H12N4O3S/c1-18(15,16)8-4-2-7(3-5-8)12-10-14-13-9(6-11)17-10/h2-5H,6,11H2,1H3,(H,12,14). The zero-order chi connectivity index (χ0) is 13.2. The van der Waals surface area contributed by atoms with E-state index in [1.165, 1.54) is 12.1 Å². The summed E-state index contributed by atoms with van der Waals surface area (Å²) in [5.41, 5.74) is 5.98. The summed E-state index contributed by atoms with van der Waals surface area (Å²) in [6.45, 7) is 0.168. The molecule has 0 saturated heterocycles. The summed E-state index contributed by atoms with van der Waals surface area (Å²) in [5.74, 6) is 0.324. The molecule has 1 aromatic carbocycles. The van der Waals surface area contributed by atoms with Gasteiger partial charge in [-0.05, 0) is 24.3 Å². The lowest BCUT2D eigenvalue weighted by Crippen LogP contribution is -1.97. The highest BCUT2D eigenvalue weighted by molar-refractivity contribution is 7.90. The minimum Gasteiger partial charge on any atom is -0.406 e. The zero-order valence-electron chi connectivity index (χ0n) is 9.62. The van der Waals surface area contributed by atoms with E-state index >= 15 is 0 Å². The van der Waals surface area contributed by atoms with Crippen molar-refractivity contribution in [3.63, 3.8) is 0 Å². The number of sulfone groups is 1. The van der Waals surface area contributed by atoms with Crippen molar-refractivity contribution in [3.8, 4) is 0 Å². The van der Waals surface area contributed by atoms with Gasteiger partial charge in [0.05, 0.1) is 11.4 Å². The minimum absolute atomic E-state index is 0.168. The Kier molecular flexibility index (Phi) is 3.30. The Labute approximate surface area is 104 Å². The predicted molar refractivity (Wildman–Crippen MR) is 65.0 cm³/mol. The van der Waals surface area contributed by atoms with Crippen LogP contribution in [0.2, 0.25) is 0 Å². The van der Waals surface area contributed by atoms with Crippen molar-refractivity contribution in [2.24, 2.45) is 5.73 Å². The first-order valence-electron chi connectivity index (χ1n) is 5.08. The Morgan fingerprint density at radius 2 is 1.94 bits per heavy atom. The van der Waals surface area contributed by atoms with Gasteiger partial charge in [0.2, 0.25) is 5.89 Å². The molecule has 0 unspecified atom stereocenters. The van der Waals surface area contributed by atoms with Crippen LogP contribution in [-0.2, 0) is 16.4 Å². The fourth-order valence-corrected chi connectivity index (χ4v) is 1.93. The minimum atomic E-state index is -3.19. The SMILES string of the molecule is CS(=O)(=O)c1ccc(Nc2nnc(CN)o2)cc1. The molecule has 8 heteroatoms. The molecular weight excluding hydrogens is 256 g/mol. The summed E-state index contributed by atoms with van der Waals surface area (Å²) < 4.78 is 27.7. The first kappa shape index (κ1) is 12.5. The van der Waals surface area contributed by atoms with Crippen LogP contribution >= 0.6 is 0 Å². The average molecular weight is 268 g/mol. The lowest BCUT2D eigenvalue weighted by atomic mass is 10.3. The van der Waals surface area contributed by atoms with E-state index in [-0.39, 0.29) is 17.5 Å². The number of nitrogens with one attached hydrogen (secondary N) is 1. The molecule has 0 bridgehead atoms. The van der Waals surface area contributed by atoms with Crippen molar-refractivity contribution in [2.75, 3.05) is 11.6 Å². The van der Waals surface area contributed by atoms with Gasteiger partial charge in [-0.1, -0.05) is 5.10 Å². The van der Waals surface area contributed by atoms with Gasteiger partial charge in [-0.25, -0.2) is 8.42 Å². The first-order valence-corrected chi connectivity index (χ1v) is 6.98. The fraction of sp³-hybridized carbons (Fsp3) is 0.200. The molecule has 0 aliphatic rings. The first-order chi connectivity index (χ1) is 8.49. The second-order valence-electron chi connectivity index (χ2n) is 3.63. The van der Waals surface area contributed by atoms with Gasteiger partial charge < -0.3 is 15.5 Å². The molecule has 3 N–H and O–H groups in total. The summed E-state index contributed by atoms with van der Waals surface area (Å²) in [7, 11) is -3.19. The highest BCUT2D eigenvalue weighted by Crippen LogP contribution is 2.17. The van der Waals surface area contributed by atoms with Gasteiger partial charge in [-0.15, -0.1) is 5.10 Å². The molecule has 18 heavy (non-hydrogen) atoms. The fourth-order valence-electron chi connectivity index (χ4n) is 1.30. The third-order valence-electron chi connectivity index (χ3n) is 2.18. The zero-order valence-corrected chi connectivity index (χ0v) is 10.4. The van der Waals surface area contributed by atoms with Crippen LogP contribution in [0.15, 0.2) is 33.6 Å². The van der Waals surface area contributed by atoms with Crippen molar-refractivity contribution in [2.45, 2.75) is 11.4 Å². The van der Waals surface area contributed by atoms with E-state index in [2.05, 4.69) is 15.5 Å². The molecule has 0 aliphatic carbocycles. The van der Waals surface area contributed by atoms with E-state index in [0.29, 0.717) is 11.6 Å². The smallest absolute Gasteiger partial charge is 0.320 e. The van der Waals surface area contributed by atoms with E-state index in [4.69, 9.17) is 10.2 Å². The quantitative estimate of drug-likeness (QED) is 0.838.